The van der Waals surface area contributed by atoms with Crippen LogP contribution in [0.4, 0.5) is 5.69 Å². The zero-order valence-corrected chi connectivity index (χ0v) is 16.6. The lowest BCUT2D eigenvalue weighted by Crippen LogP contribution is -2.36. The molecule has 3 unspecified atom stereocenters. The highest BCUT2D eigenvalue weighted by atomic mass is 79.9. The molecule has 1 saturated heterocycles. The van der Waals surface area contributed by atoms with Crippen molar-refractivity contribution >= 4 is 21.6 Å². The van der Waals surface area contributed by atoms with Crippen LogP contribution in [-0.4, -0.2) is 41.8 Å². The summed E-state index contributed by atoms with van der Waals surface area (Å²) in [5, 5.41) is 3.83. The van der Waals surface area contributed by atoms with Crippen LogP contribution in [0.3, 0.4) is 0 Å². The Morgan fingerprint density at radius 1 is 1.15 bits per heavy atom. The molecular weight excluding hydrogens is 390 g/mol. The molecule has 2 aliphatic heterocycles. The highest BCUT2D eigenvalue weighted by molar-refractivity contribution is 9.10. The fraction of sp³-hybridized carbons (Fsp3) is 0.524. The molecule has 3 atom stereocenters. The number of rotatable bonds is 3. The van der Waals surface area contributed by atoms with Gasteiger partial charge in [-0.15, -0.1) is 0 Å². The molecule has 0 amide bonds. The van der Waals surface area contributed by atoms with Crippen LogP contribution in [0.5, 0.6) is 0 Å². The van der Waals surface area contributed by atoms with Gasteiger partial charge >= 0.3 is 0 Å². The second kappa shape index (κ2) is 7.02. The topological polar surface area (TPSA) is 29.4 Å². The molecule has 0 spiro atoms. The van der Waals surface area contributed by atoms with Gasteiger partial charge in [0.15, 0.2) is 0 Å². The average Bonchev–Trinajstić information content (AvgIpc) is 3.27. The number of hydrogen-bond acceptors (Lipinski definition) is 3. The Labute approximate surface area is 163 Å². The lowest BCUT2D eigenvalue weighted by Gasteiger charge is -2.35. The molecule has 4 nitrogen and oxygen atoms in total. The van der Waals surface area contributed by atoms with E-state index in [2.05, 4.69) is 67.4 Å². The zero-order valence-electron chi connectivity index (χ0n) is 15.0. The maximum Gasteiger partial charge on any atom is 0.0594 e. The monoisotopic (exact) mass is 415 g/mol. The maximum atomic E-state index is 5.47. The first-order valence-corrected chi connectivity index (χ1v) is 10.6. The number of anilines is 1. The Bertz CT molecular complexity index is 783. The smallest absolute Gasteiger partial charge is 0.0594 e. The van der Waals surface area contributed by atoms with Gasteiger partial charge < -0.3 is 14.6 Å². The van der Waals surface area contributed by atoms with E-state index in [1.165, 1.54) is 40.5 Å². The zero-order chi connectivity index (χ0) is 17.5. The molecule has 26 heavy (non-hydrogen) atoms. The number of morpholine rings is 1. The first-order chi connectivity index (χ1) is 12.8. The van der Waals surface area contributed by atoms with E-state index in [1.807, 2.05) is 0 Å². The van der Waals surface area contributed by atoms with Gasteiger partial charge in [-0.25, -0.2) is 0 Å². The standard InChI is InChI=1S/C21H26BrN3O/c22-16-4-5-19-18(12-16)17-2-1-3-20(21(17)23-19)25-7-6-15(14-25)13-24-8-10-26-11-9-24/h4-7,12,14,17,20-21,23H,1-3,8-11,13H2. The molecule has 1 saturated carbocycles. The van der Waals surface area contributed by atoms with Crippen molar-refractivity contribution in [2.45, 2.75) is 43.8 Å². The number of fused-ring (bicyclic) bond motifs is 3. The van der Waals surface area contributed by atoms with E-state index >= 15 is 0 Å². The third-order valence-electron chi connectivity index (χ3n) is 6.27. The Balaban J connectivity index is 1.34. The third kappa shape index (κ3) is 3.10. The summed E-state index contributed by atoms with van der Waals surface area (Å²) in [5.74, 6) is 0.631. The highest BCUT2D eigenvalue weighted by Crippen LogP contribution is 2.48. The third-order valence-corrected chi connectivity index (χ3v) is 6.76. The summed E-state index contributed by atoms with van der Waals surface area (Å²) in [6, 6.07) is 10.0. The quantitative estimate of drug-likeness (QED) is 0.805. The molecule has 5 heteroatoms. The van der Waals surface area contributed by atoms with Crippen LogP contribution in [0.2, 0.25) is 0 Å². The van der Waals surface area contributed by atoms with Gasteiger partial charge in [-0.05, 0) is 48.2 Å². The van der Waals surface area contributed by atoms with Crippen molar-refractivity contribution < 1.29 is 4.74 Å². The number of ether oxygens (including phenoxy) is 1. The van der Waals surface area contributed by atoms with E-state index in [-0.39, 0.29) is 0 Å². The fourth-order valence-electron chi connectivity index (χ4n) is 4.98. The van der Waals surface area contributed by atoms with Gasteiger partial charge in [-0.2, -0.15) is 0 Å². The molecule has 3 heterocycles. The number of aromatic nitrogens is 1. The van der Waals surface area contributed by atoms with E-state index in [0.29, 0.717) is 18.0 Å². The largest absolute Gasteiger partial charge is 0.379 e. The van der Waals surface area contributed by atoms with Crippen LogP contribution in [-0.2, 0) is 11.3 Å². The molecule has 2 fully saturated rings. The summed E-state index contributed by atoms with van der Waals surface area (Å²) < 4.78 is 9.13. The average molecular weight is 416 g/mol. The lowest BCUT2D eigenvalue weighted by atomic mass is 9.79. The van der Waals surface area contributed by atoms with Crippen LogP contribution >= 0.6 is 15.9 Å². The van der Waals surface area contributed by atoms with Gasteiger partial charge in [0.05, 0.1) is 25.3 Å². The van der Waals surface area contributed by atoms with Crippen LogP contribution in [0.15, 0.2) is 41.1 Å². The Morgan fingerprint density at radius 2 is 2.04 bits per heavy atom. The summed E-state index contributed by atoms with van der Waals surface area (Å²) in [7, 11) is 0. The van der Waals surface area contributed by atoms with E-state index < -0.39 is 0 Å². The van der Waals surface area contributed by atoms with E-state index in [1.54, 1.807) is 0 Å². The molecule has 1 aliphatic carbocycles. The van der Waals surface area contributed by atoms with Gasteiger partial charge in [-0.1, -0.05) is 22.4 Å². The van der Waals surface area contributed by atoms with Gasteiger partial charge in [0.2, 0.25) is 0 Å². The van der Waals surface area contributed by atoms with Crippen LogP contribution in [0.1, 0.15) is 42.3 Å². The van der Waals surface area contributed by atoms with Crippen LogP contribution < -0.4 is 5.32 Å². The Hall–Kier alpha value is -1.30. The van der Waals surface area contributed by atoms with E-state index in [4.69, 9.17) is 4.74 Å². The summed E-state index contributed by atoms with van der Waals surface area (Å²) in [4.78, 5) is 2.49. The van der Waals surface area contributed by atoms with Crippen molar-refractivity contribution in [3.63, 3.8) is 0 Å². The second-order valence-electron chi connectivity index (χ2n) is 7.86. The van der Waals surface area contributed by atoms with Crippen molar-refractivity contribution in [1.29, 1.82) is 0 Å². The fourth-order valence-corrected chi connectivity index (χ4v) is 5.36. The van der Waals surface area contributed by atoms with Gasteiger partial charge in [-0.3, -0.25) is 4.90 Å². The SMILES string of the molecule is Brc1ccc2c(c1)C1CCCC(n3ccc(CN4CCOCC4)c3)C1N2. The molecule has 1 aromatic carbocycles. The normalized spacial score (nSPS) is 28.4. The predicted octanol–water partition coefficient (Wildman–Crippen LogP) is 4.39. The molecule has 5 rings (SSSR count). The van der Waals surface area contributed by atoms with Crippen molar-refractivity contribution in [2.24, 2.45) is 0 Å². The van der Waals surface area contributed by atoms with E-state index in [0.717, 1.165) is 32.8 Å². The molecule has 1 N–H and O–H groups in total. The molecule has 0 bridgehead atoms. The second-order valence-corrected chi connectivity index (χ2v) is 8.78. The number of hydrogen-bond donors (Lipinski definition) is 1. The number of benzene rings is 1. The molecule has 0 radical (unpaired) electrons. The van der Waals surface area contributed by atoms with Crippen molar-refractivity contribution in [3.05, 3.63) is 52.3 Å². The minimum absolute atomic E-state index is 0.511. The van der Waals surface area contributed by atoms with E-state index in [9.17, 15) is 0 Å². The minimum Gasteiger partial charge on any atom is -0.379 e. The summed E-state index contributed by atoms with van der Waals surface area (Å²) >= 11 is 3.65. The molecule has 2 aromatic rings. The Kier molecular flexibility index (Phi) is 4.55. The lowest BCUT2D eigenvalue weighted by molar-refractivity contribution is 0.0342. The highest BCUT2D eigenvalue weighted by Gasteiger charge is 2.40. The van der Waals surface area contributed by atoms with Crippen molar-refractivity contribution in [1.82, 2.24) is 9.47 Å². The van der Waals surface area contributed by atoms with Crippen molar-refractivity contribution in [2.75, 3.05) is 31.6 Å². The van der Waals surface area contributed by atoms with Crippen LogP contribution in [0.25, 0.3) is 0 Å². The Morgan fingerprint density at radius 3 is 2.92 bits per heavy atom. The van der Waals surface area contributed by atoms with Gasteiger partial charge in [0, 0.05) is 48.1 Å². The summed E-state index contributed by atoms with van der Waals surface area (Å²) in [6.07, 6.45) is 8.53. The molecule has 3 aliphatic rings. The summed E-state index contributed by atoms with van der Waals surface area (Å²) in [6.45, 7) is 4.86. The van der Waals surface area contributed by atoms with Gasteiger partial charge in [0.1, 0.15) is 0 Å². The number of halogens is 1. The predicted molar refractivity (Wildman–Crippen MR) is 108 cm³/mol. The molecule has 138 valence electrons. The number of nitrogens with one attached hydrogen (secondary N) is 1. The molecular formula is C21H26BrN3O. The van der Waals surface area contributed by atoms with Crippen molar-refractivity contribution in [3.8, 4) is 0 Å². The van der Waals surface area contributed by atoms with Gasteiger partial charge in [0.25, 0.3) is 0 Å². The first-order valence-electron chi connectivity index (χ1n) is 9.80. The first kappa shape index (κ1) is 16.8. The van der Waals surface area contributed by atoms with Crippen LogP contribution in [0, 0.1) is 0 Å². The number of nitrogens with zero attached hydrogens (tertiary/aromatic N) is 2. The maximum absolute atomic E-state index is 5.47. The summed E-state index contributed by atoms with van der Waals surface area (Å²) in [5.41, 5.74) is 4.25. The molecule has 1 aromatic heterocycles. The minimum atomic E-state index is 0.511.